The van der Waals surface area contributed by atoms with Crippen molar-refractivity contribution in [1.29, 1.82) is 0 Å². The van der Waals surface area contributed by atoms with Crippen molar-refractivity contribution < 1.29 is 9.53 Å². The van der Waals surface area contributed by atoms with E-state index in [-0.39, 0.29) is 6.10 Å². The van der Waals surface area contributed by atoms with Crippen LogP contribution in [-0.2, 0) is 6.54 Å². The summed E-state index contributed by atoms with van der Waals surface area (Å²) in [6.45, 7) is 9.18. The molecular weight excluding hydrogens is 250 g/mol. The minimum absolute atomic E-state index is 0.200. The Balaban J connectivity index is 2.45. The van der Waals surface area contributed by atoms with E-state index in [1.807, 2.05) is 25.1 Å². The van der Waals surface area contributed by atoms with Crippen LogP contribution >= 0.6 is 0 Å². The summed E-state index contributed by atoms with van der Waals surface area (Å²) in [7, 11) is 0. The Morgan fingerprint density at radius 1 is 1.35 bits per heavy atom. The molecule has 0 N–H and O–H groups in total. The zero-order valence-corrected chi connectivity index (χ0v) is 12.8. The number of fused-ring (bicyclic) bond motifs is 1. The summed E-state index contributed by atoms with van der Waals surface area (Å²) >= 11 is 0. The van der Waals surface area contributed by atoms with Gasteiger partial charge in [-0.05, 0) is 45.4 Å². The first-order valence-electron chi connectivity index (χ1n) is 7.37. The standard InChI is InChI=1S/C17H23NO2/c1-5-7-12(3)20-14-8-9-17-15(10-14)16(11-19)13(4)18(17)6-2/h8-12H,5-7H2,1-4H3/t12-/m0/s1. The Labute approximate surface area is 120 Å². The summed E-state index contributed by atoms with van der Waals surface area (Å²) in [5.74, 6) is 0.842. The number of aryl methyl sites for hydroxylation is 1. The number of aromatic nitrogens is 1. The van der Waals surface area contributed by atoms with Gasteiger partial charge in [0.1, 0.15) is 5.75 Å². The molecule has 0 spiro atoms. The van der Waals surface area contributed by atoms with Crippen molar-refractivity contribution in [2.24, 2.45) is 0 Å². The van der Waals surface area contributed by atoms with Crippen LogP contribution in [0.25, 0.3) is 10.9 Å². The average Bonchev–Trinajstić information content (AvgIpc) is 2.69. The highest BCUT2D eigenvalue weighted by Crippen LogP contribution is 2.29. The number of hydrogen-bond donors (Lipinski definition) is 0. The third kappa shape index (κ3) is 2.58. The Morgan fingerprint density at radius 2 is 2.10 bits per heavy atom. The lowest BCUT2D eigenvalue weighted by atomic mass is 10.1. The molecule has 0 radical (unpaired) electrons. The number of rotatable bonds is 6. The van der Waals surface area contributed by atoms with Crippen LogP contribution < -0.4 is 4.74 Å². The molecule has 2 rings (SSSR count). The van der Waals surface area contributed by atoms with Gasteiger partial charge in [0.05, 0.1) is 6.10 Å². The summed E-state index contributed by atoms with van der Waals surface area (Å²) in [5.41, 5.74) is 2.90. The molecule has 0 fully saturated rings. The second-order valence-electron chi connectivity index (χ2n) is 5.26. The fourth-order valence-corrected chi connectivity index (χ4v) is 2.81. The summed E-state index contributed by atoms with van der Waals surface area (Å²) in [4.78, 5) is 11.4. The zero-order chi connectivity index (χ0) is 14.7. The van der Waals surface area contributed by atoms with Gasteiger partial charge >= 0.3 is 0 Å². The third-order valence-electron chi connectivity index (χ3n) is 3.81. The number of aldehydes is 1. The molecule has 0 saturated carbocycles. The second-order valence-corrected chi connectivity index (χ2v) is 5.26. The lowest BCUT2D eigenvalue weighted by Gasteiger charge is -2.14. The molecule has 1 aromatic heterocycles. The molecule has 0 aliphatic rings. The Morgan fingerprint density at radius 3 is 2.70 bits per heavy atom. The number of carbonyl (C=O) groups is 1. The number of carbonyl (C=O) groups excluding carboxylic acids is 1. The van der Waals surface area contributed by atoms with Crippen LogP contribution in [0.1, 0.15) is 49.7 Å². The van der Waals surface area contributed by atoms with E-state index in [2.05, 4.69) is 25.3 Å². The quantitative estimate of drug-likeness (QED) is 0.733. The van der Waals surface area contributed by atoms with Crippen molar-refractivity contribution in [1.82, 2.24) is 4.57 Å². The molecule has 2 aromatic rings. The van der Waals surface area contributed by atoms with Gasteiger partial charge < -0.3 is 9.30 Å². The van der Waals surface area contributed by atoms with Crippen LogP contribution in [0, 0.1) is 6.92 Å². The van der Waals surface area contributed by atoms with Crippen molar-refractivity contribution in [3.63, 3.8) is 0 Å². The van der Waals surface area contributed by atoms with E-state index in [0.717, 1.165) is 53.6 Å². The van der Waals surface area contributed by atoms with Gasteiger partial charge in [-0.15, -0.1) is 0 Å². The second kappa shape index (κ2) is 6.12. The molecule has 20 heavy (non-hydrogen) atoms. The van der Waals surface area contributed by atoms with Gasteiger partial charge in [0.15, 0.2) is 6.29 Å². The number of hydrogen-bond acceptors (Lipinski definition) is 2. The van der Waals surface area contributed by atoms with Gasteiger partial charge in [-0.3, -0.25) is 4.79 Å². The number of ether oxygens (including phenoxy) is 1. The molecule has 108 valence electrons. The molecule has 1 heterocycles. The van der Waals surface area contributed by atoms with Crippen LogP contribution in [0.3, 0.4) is 0 Å². The van der Waals surface area contributed by atoms with Gasteiger partial charge in [-0.25, -0.2) is 0 Å². The van der Waals surface area contributed by atoms with Gasteiger partial charge in [-0.2, -0.15) is 0 Å². The Kier molecular flexibility index (Phi) is 4.48. The highest BCUT2D eigenvalue weighted by molar-refractivity contribution is 6.00. The fraction of sp³-hybridized carbons (Fsp3) is 0.471. The fourth-order valence-electron chi connectivity index (χ4n) is 2.81. The van der Waals surface area contributed by atoms with Crippen molar-refractivity contribution in [2.45, 2.75) is 53.2 Å². The largest absolute Gasteiger partial charge is 0.491 e. The predicted molar refractivity (Wildman–Crippen MR) is 82.7 cm³/mol. The Hall–Kier alpha value is -1.77. The molecule has 1 aromatic carbocycles. The summed E-state index contributed by atoms with van der Waals surface area (Å²) in [6, 6.07) is 6.03. The number of benzene rings is 1. The minimum atomic E-state index is 0.200. The maximum Gasteiger partial charge on any atom is 0.152 e. The van der Waals surface area contributed by atoms with Crippen LogP contribution in [0.5, 0.6) is 5.75 Å². The average molecular weight is 273 g/mol. The van der Waals surface area contributed by atoms with Crippen molar-refractivity contribution in [2.75, 3.05) is 0 Å². The zero-order valence-electron chi connectivity index (χ0n) is 12.8. The third-order valence-corrected chi connectivity index (χ3v) is 3.81. The van der Waals surface area contributed by atoms with Crippen molar-refractivity contribution in [3.8, 4) is 5.75 Å². The van der Waals surface area contributed by atoms with E-state index in [1.165, 1.54) is 0 Å². The first kappa shape index (κ1) is 14.6. The predicted octanol–water partition coefficient (Wildman–Crippen LogP) is 4.35. The van der Waals surface area contributed by atoms with Crippen LogP contribution in [0.4, 0.5) is 0 Å². The first-order valence-corrected chi connectivity index (χ1v) is 7.37. The van der Waals surface area contributed by atoms with Crippen LogP contribution in [-0.4, -0.2) is 17.0 Å². The molecule has 0 saturated heterocycles. The summed E-state index contributed by atoms with van der Waals surface area (Å²) in [6.07, 6.45) is 3.29. The molecule has 0 unspecified atom stereocenters. The molecule has 3 nitrogen and oxygen atoms in total. The van der Waals surface area contributed by atoms with Gasteiger partial charge in [0.2, 0.25) is 0 Å². The molecular formula is C17H23NO2. The highest BCUT2D eigenvalue weighted by Gasteiger charge is 2.14. The maximum absolute atomic E-state index is 11.4. The summed E-state index contributed by atoms with van der Waals surface area (Å²) in [5, 5.41) is 0.987. The smallest absolute Gasteiger partial charge is 0.152 e. The molecule has 0 bridgehead atoms. The molecule has 3 heteroatoms. The van der Waals surface area contributed by atoms with Crippen LogP contribution in [0.2, 0.25) is 0 Å². The molecule has 0 aliphatic heterocycles. The van der Waals surface area contributed by atoms with Crippen LogP contribution in [0.15, 0.2) is 18.2 Å². The lowest BCUT2D eigenvalue weighted by Crippen LogP contribution is -2.10. The maximum atomic E-state index is 11.4. The monoisotopic (exact) mass is 273 g/mol. The van der Waals surface area contributed by atoms with E-state index in [9.17, 15) is 4.79 Å². The van der Waals surface area contributed by atoms with Gasteiger partial charge in [0, 0.05) is 28.7 Å². The topological polar surface area (TPSA) is 31.2 Å². The number of nitrogens with zero attached hydrogens (tertiary/aromatic N) is 1. The normalized spacial score (nSPS) is 12.6. The SMILES string of the molecule is CCC[C@H](C)Oc1ccc2c(c1)c(C=O)c(C)n2CC. The molecule has 1 atom stereocenters. The van der Waals surface area contributed by atoms with E-state index in [4.69, 9.17) is 4.74 Å². The van der Waals surface area contributed by atoms with E-state index >= 15 is 0 Å². The minimum Gasteiger partial charge on any atom is -0.491 e. The Bertz CT molecular complexity index is 613. The van der Waals surface area contributed by atoms with E-state index in [0.29, 0.717) is 0 Å². The van der Waals surface area contributed by atoms with E-state index < -0.39 is 0 Å². The van der Waals surface area contributed by atoms with Crippen molar-refractivity contribution in [3.05, 3.63) is 29.5 Å². The van der Waals surface area contributed by atoms with Gasteiger partial charge in [-0.1, -0.05) is 13.3 Å². The molecule has 0 amide bonds. The van der Waals surface area contributed by atoms with Gasteiger partial charge in [0.25, 0.3) is 0 Å². The van der Waals surface area contributed by atoms with Crippen molar-refractivity contribution >= 4 is 17.2 Å². The highest BCUT2D eigenvalue weighted by atomic mass is 16.5. The molecule has 0 aliphatic carbocycles. The lowest BCUT2D eigenvalue weighted by molar-refractivity contribution is 0.112. The van der Waals surface area contributed by atoms with E-state index in [1.54, 1.807) is 0 Å². The first-order chi connectivity index (χ1) is 9.62. The summed E-state index contributed by atoms with van der Waals surface area (Å²) < 4.78 is 8.08.